The number of fused-ring (bicyclic) bond motifs is 2. The average molecular weight is 1140 g/mol. The molecule has 0 fully saturated rings. The molecule has 0 bridgehead atoms. The molecule has 1 atom stereocenters. The van der Waals surface area contributed by atoms with E-state index < -0.39 is 44.3 Å². The molecule has 1 N–H and O–H groups in total. The first-order valence-corrected chi connectivity index (χ1v) is 34.6. The summed E-state index contributed by atoms with van der Waals surface area (Å²) in [5, 5.41) is 45.6. The highest BCUT2D eigenvalue weighted by molar-refractivity contribution is 6.94. The fourth-order valence-electron chi connectivity index (χ4n) is 10.0. The number of rotatable bonds is 10. The van der Waals surface area contributed by atoms with E-state index in [0.717, 1.165) is 64.7 Å². The predicted molar refractivity (Wildman–Crippen MR) is 348 cm³/mol. The number of ketones is 1. The third kappa shape index (κ3) is 13.1. The summed E-state index contributed by atoms with van der Waals surface area (Å²) in [6, 6.07) is 41.4. The van der Waals surface area contributed by atoms with E-state index in [-0.39, 0.29) is 21.6 Å². The van der Waals surface area contributed by atoms with Gasteiger partial charge in [0, 0.05) is 74.9 Å². The van der Waals surface area contributed by atoms with E-state index in [1.165, 1.54) is 5.19 Å². The van der Waals surface area contributed by atoms with Gasteiger partial charge >= 0.3 is 0 Å². The van der Waals surface area contributed by atoms with Crippen molar-refractivity contribution in [2.75, 3.05) is 0 Å². The Kier molecular flexibility index (Phi) is 18.2. The molecule has 0 aromatic heterocycles. The van der Waals surface area contributed by atoms with E-state index in [4.69, 9.17) is 11.4 Å². The van der Waals surface area contributed by atoms with Crippen LogP contribution in [0.3, 0.4) is 0 Å². The van der Waals surface area contributed by atoms with Crippen molar-refractivity contribution in [3.63, 3.8) is 0 Å². The van der Waals surface area contributed by atoms with E-state index in [0.29, 0.717) is 22.6 Å². The number of allylic oxidation sites excluding steroid dienone is 1. The lowest BCUT2D eigenvalue weighted by Crippen LogP contribution is -2.53. The van der Waals surface area contributed by atoms with Gasteiger partial charge in [0.15, 0.2) is 35.0 Å². The first kappa shape index (κ1) is 64.1. The van der Waals surface area contributed by atoms with Gasteiger partial charge in [-0.3, -0.25) is 0 Å². The second kappa shape index (κ2) is 23.3. The van der Waals surface area contributed by atoms with E-state index in [1.807, 2.05) is 158 Å². The number of hydrogen-bond donors (Lipinski definition) is 1. The van der Waals surface area contributed by atoms with Crippen molar-refractivity contribution >= 4 is 56.2 Å². The normalized spacial score (nSPS) is 15.8. The van der Waals surface area contributed by atoms with Crippen LogP contribution in [0.5, 0.6) is 0 Å². The van der Waals surface area contributed by atoms with Crippen LogP contribution in [0.2, 0.25) is 36.3 Å². The molecule has 1 unspecified atom stereocenters. The number of hydrogen-bond acceptors (Lipinski definition) is 7. The molecule has 7 rings (SSSR count). The van der Waals surface area contributed by atoms with Crippen LogP contribution in [0.1, 0.15) is 169 Å². The molecule has 432 valence electrons. The van der Waals surface area contributed by atoms with E-state index in [1.54, 1.807) is 24.6 Å². The Balaban J connectivity index is 0.000000264. The van der Waals surface area contributed by atoms with Crippen LogP contribution in [-0.2, 0) is 4.84 Å². The minimum Gasteiger partial charge on any atom is -0.623 e. The number of carbonyl (C=O) groups is 1. The molecule has 1 heterocycles. The highest BCUT2D eigenvalue weighted by Gasteiger charge is 2.51. The number of Topliss-reactive ketones (excluding diaryl/α,β-unsaturated/α-hetero) is 1. The molecule has 4 aliphatic carbocycles. The number of benzene rings is 2. The number of nitrogens with one attached hydrogen (secondary N) is 1. The number of nitrogens with zero attached hydrogens (tertiary/aromatic N) is 5. The zero-order chi connectivity index (χ0) is 61.5. The molecule has 0 amide bonds. The Morgan fingerprint density at radius 2 is 1.02 bits per heavy atom. The highest BCUT2D eigenvalue weighted by Crippen LogP contribution is 2.51. The summed E-state index contributed by atoms with van der Waals surface area (Å²) < 4.78 is 2.11. The van der Waals surface area contributed by atoms with Gasteiger partial charge < -0.3 is 25.4 Å². The molecule has 5 aliphatic rings. The molecule has 0 spiro atoms. The molecule has 1 aliphatic heterocycles. The Labute approximate surface area is 493 Å². The summed E-state index contributed by atoms with van der Waals surface area (Å²) in [6.07, 6.45) is 3.53. The van der Waals surface area contributed by atoms with E-state index >= 15 is 0 Å². The molecular weight excluding hydrogens is 1040 g/mol. The van der Waals surface area contributed by atoms with Gasteiger partial charge in [0.25, 0.3) is 5.70 Å². The summed E-state index contributed by atoms with van der Waals surface area (Å²) in [6.45, 7) is 55.3. The summed E-state index contributed by atoms with van der Waals surface area (Å²) in [5.74, 6) is 0.267. The van der Waals surface area contributed by atoms with Crippen LogP contribution in [0, 0.1) is 28.3 Å². The lowest BCUT2D eigenvalue weighted by atomic mass is 9.93. The topological polar surface area (TPSA) is 122 Å². The van der Waals surface area contributed by atoms with Crippen molar-refractivity contribution < 1.29 is 19.1 Å². The minimum absolute atomic E-state index is 0.0306. The third-order valence-corrected chi connectivity index (χ3v) is 27.5. The van der Waals surface area contributed by atoms with Crippen LogP contribution in [-0.4, -0.2) is 71.1 Å². The standard InChI is InChI=1S/2C35H45N3O2Si/c1-33(2,3)37(39)23-28-25-20-16-13-17-21-26(25)29(32(28)41(10,11)35(7,8)9)30-27(22-36)31(24-18-14-12-15-19-24)40-38(30)34(4,5)6;1-33(2,3)37-29(30(36-10)31(39)24-19-15-13-16-20-24)28-26-22-18-14-17-21-25(26)27(23-38(40)34(4,5)6)32(28)41(11,12)35(7,8)9/h12-21,23,30H,1-11H3;13-23,37H,1-9,11-12H3/b37-23-;30-29+,38-23-. The van der Waals surface area contributed by atoms with Crippen molar-refractivity contribution in [3.8, 4) is 28.3 Å². The van der Waals surface area contributed by atoms with Gasteiger partial charge in [-0.15, -0.1) is 5.06 Å². The van der Waals surface area contributed by atoms with E-state index in [2.05, 4.69) is 123 Å². The van der Waals surface area contributed by atoms with Crippen molar-refractivity contribution in [2.45, 2.75) is 189 Å². The summed E-state index contributed by atoms with van der Waals surface area (Å²) in [4.78, 5) is 24.6. The molecular formula is C70H90N6O4Si2. The lowest BCUT2D eigenvalue weighted by Gasteiger charge is -2.41. The number of carbonyl (C=O) groups excluding carboxylic acids is 1. The Morgan fingerprint density at radius 1 is 0.622 bits per heavy atom. The molecule has 12 heteroatoms. The molecule has 0 radical (unpaired) electrons. The lowest BCUT2D eigenvalue weighted by molar-refractivity contribution is -0.530. The zero-order valence-electron chi connectivity index (χ0n) is 53.1. The monoisotopic (exact) mass is 1130 g/mol. The van der Waals surface area contributed by atoms with Crippen molar-refractivity contribution in [1.82, 2.24) is 10.4 Å². The zero-order valence-corrected chi connectivity index (χ0v) is 55.1. The SMILES string of the molecule is CC(C)(C)N1OC(c2ccccc2)=C(C#N)C1c1c2cccccc-2c(/C=[N+](\[O-])C(C)(C)C)c1[Si](C)(C)C(C)(C)C.[C-]#[N+]/C(C(=O)c1ccccc1)=C(/NC(C)(C)C)c1c2cccccc-2c(/C=[N+](\[O-])C(C)(C)C)c1[Si](C)(C)C(C)(C)C. The van der Waals surface area contributed by atoms with Crippen LogP contribution in [0.4, 0.5) is 0 Å². The molecule has 10 nitrogen and oxygen atoms in total. The van der Waals surface area contributed by atoms with Gasteiger partial charge in [-0.2, -0.15) is 5.26 Å². The van der Waals surface area contributed by atoms with Crippen molar-refractivity contribution in [3.05, 3.63) is 188 Å². The van der Waals surface area contributed by atoms with Gasteiger partial charge in [0.2, 0.25) is 0 Å². The Hall–Kier alpha value is -7.10. The molecule has 2 aromatic rings. The quantitative estimate of drug-likeness (QED) is 0.0212. The number of hydroxylamine groups is 4. The maximum atomic E-state index is 14.0. The second-order valence-electron chi connectivity index (χ2n) is 29.0. The predicted octanol–water partition coefficient (Wildman–Crippen LogP) is 16.3. The van der Waals surface area contributed by atoms with Gasteiger partial charge in [0.05, 0.1) is 34.0 Å². The fourth-order valence-corrected chi connectivity index (χ4v) is 15.1. The third-order valence-electron chi connectivity index (χ3n) is 16.5. The van der Waals surface area contributed by atoms with Crippen molar-refractivity contribution in [2.24, 2.45) is 0 Å². The van der Waals surface area contributed by atoms with Gasteiger partial charge in [-0.1, -0.05) is 189 Å². The average Bonchev–Trinajstić information content (AvgIpc) is 2.58. The second-order valence-corrected chi connectivity index (χ2v) is 39.5. The Morgan fingerprint density at radius 3 is 1.44 bits per heavy atom. The van der Waals surface area contributed by atoms with Gasteiger partial charge in [-0.25, -0.2) is 14.3 Å². The van der Waals surface area contributed by atoms with Crippen molar-refractivity contribution in [1.29, 1.82) is 5.26 Å². The summed E-state index contributed by atoms with van der Waals surface area (Å²) >= 11 is 0. The molecule has 82 heavy (non-hydrogen) atoms. The summed E-state index contributed by atoms with van der Waals surface area (Å²) in [5.41, 5.74) is 8.05. The van der Waals surface area contributed by atoms with Gasteiger partial charge in [-0.05, 0) is 95.4 Å². The number of nitriles is 1. The van der Waals surface area contributed by atoms with Crippen LogP contribution >= 0.6 is 0 Å². The smallest absolute Gasteiger partial charge is 0.256 e. The molecule has 0 saturated heterocycles. The first-order valence-electron chi connectivity index (χ1n) is 28.6. The molecule has 0 saturated carbocycles. The minimum atomic E-state index is -2.40. The fraction of sp³-hybridized carbons (Fsp3) is 0.414. The Bertz CT molecular complexity index is 3480. The van der Waals surface area contributed by atoms with Crippen LogP contribution < -0.4 is 15.7 Å². The van der Waals surface area contributed by atoms with Crippen LogP contribution in [0.25, 0.3) is 38.6 Å². The maximum Gasteiger partial charge on any atom is 0.256 e. The summed E-state index contributed by atoms with van der Waals surface area (Å²) in [7, 11) is -4.72. The largest absolute Gasteiger partial charge is 0.623 e. The highest BCUT2D eigenvalue weighted by atomic mass is 28.3. The first-order chi connectivity index (χ1) is 37.7. The van der Waals surface area contributed by atoms with Crippen LogP contribution in [0.15, 0.2) is 133 Å². The maximum absolute atomic E-state index is 14.0. The van der Waals surface area contributed by atoms with Gasteiger partial charge in [0.1, 0.15) is 12.1 Å². The van der Waals surface area contributed by atoms with E-state index in [9.17, 15) is 20.5 Å². The molecule has 2 aromatic carbocycles.